The fraction of sp³-hybridized carbons (Fsp3) is 0.429. The number of aromatic nitrogens is 1. The predicted molar refractivity (Wildman–Crippen MR) is 96.8 cm³/mol. The van der Waals surface area contributed by atoms with Crippen molar-refractivity contribution < 1.29 is 9.53 Å². The normalized spacial score (nSPS) is 19.1. The third-order valence-electron chi connectivity index (χ3n) is 5.57. The highest BCUT2D eigenvalue weighted by molar-refractivity contribution is 5.94. The van der Waals surface area contributed by atoms with Gasteiger partial charge in [-0.05, 0) is 43.9 Å². The Balaban J connectivity index is 1.49. The Morgan fingerprint density at radius 1 is 0.960 bits per heavy atom. The Morgan fingerprint density at radius 3 is 2.44 bits per heavy atom. The second kappa shape index (κ2) is 6.87. The van der Waals surface area contributed by atoms with Gasteiger partial charge in [-0.25, -0.2) is 4.98 Å². The lowest BCUT2D eigenvalue weighted by molar-refractivity contribution is 0.0499. The van der Waals surface area contributed by atoms with E-state index >= 15 is 0 Å². The van der Waals surface area contributed by atoms with E-state index in [4.69, 9.17) is 4.74 Å². The maximum Gasteiger partial charge on any atom is 0.255 e. The van der Waals surface area contributed by atoms with Gasteiger partial charge in [0.1, 0.15) is 5.75 Å². The Labute approximate surface area is 148 Å². The molecule has 1 saturated carbocycles. The molecule has 0 unspecified atom stereocenters. The van der Waals surface area contributed by atoms with Crippen molar-refractivity contribution in [3.8, 4) is 11.6 Å². The molecule has 0 N–H and O–H groups in total. The van der Waals surface area contributed by atoms with Gasteiger partial charge < -0.3 is 9.64 Å². The van der Waals surface area contributed by atoms with E-state index in [1.165, 1.54) is 19.3 Å². The molecule has 0 radical (unpaired) electrons. The van der Waals surface area contributed by atoms with Crippen molar-refractivity contribution >= 4 is 5.91 Å². The maximum absolute atomic E-state index is 13.0. The van der Waals surface area contributed by atoms with E-state index in [0.29, 0.717) is 11.4 Å². The molecular formula is C21H24N2O2. The van der Waals surface area contributed by atoms with Crippen LogP contribution in [0.5, 0.6) is 11.6 Å². The molecule has 2 heterocycles. The zero-order chi connectivity index (χ0) is 17.1. The van der Waals surface area contributed by atoms with E-state index in [-0.39, 0.29) is 11.4 Å². The monoisotopic (exact) mass is 336 g/mol. The fourth-order valence-corrected chi connectivity index (χ4v) is 4.32. The number of carbonyl (C=O) groups is 1. The molecule has 0 atom stereocenters. The van der Waals surface area contributed by atoms with Crippen LogP contribution < -0.4 is 4.74 Å². The molecule has 1 amide bonds. The summed E-state index contributed by atoms with van der Waals surface area (Å²) in [6, 6.07) is 13.2. The van der Waals surface area contributed by atoms with Crippen LogP contribution >= 0.6 is 0 Å². The molecular weight excluding hydrogens is 312 g/mol. The second-order valence-electron chi connectivity index (χ2n) is 7.15. The first-order valence-corrected chi connectivity index (χ1v) is 9.28. The fourth-order valence-electron chi connectivity index (χ4n) is 4.32. The number of pyridine rings is 1. The first-order valence-electron chi connectivity index (χ1n) is 9.28. The van der Waals surface area contributed by atoms with E-state index < -0.39 is 0 Å². The molecule has 1 saturated heterocycles. The van der Waals surface area contributed by atoms with Crippen molar-refractivity contribution in [3.05, 3.63) is 54.2 Å². The van der Waals surface area contributed by atoms with Gasteiger partial charge >= 0.3 is 0 Å². The van der Waals surface area contributed by atoms with Crippen LogP contribution in [-0.2, 0) is 0 Å². The van der Waals surface area contributed by atoms with Gasteiger partial charge in [0.25, 0.3) is 5.91 Å². The molecule has 1 aliphatic carbocycles. The summed E-state index contributed by atoms with van der Waals surface area (Å²) in [7, 11) is 0. The van der Waals surface area contributed by atoms with Crippen LogP contribution in [0.2, 0.25) is 0 Å². The molecule has 130 valence electrons. The zero-order valence-corrected chi connectivity index (χ0v) is 14.5. The minimum absolute atomic E-state index is 0.106. The SMILES string of the molecule is O=C(c1ccc(Oc2ccccc2)nc1)N1CCCC12CCCCC2. The lowest BCUT2D eigenvalue weighted by atomic mass is 9.79. The summed E-state index contributed by atoms with van der Waals surface area (Å²) in [5, 5.41) is 0. The van der Waals surface area contributed by atoms with E-state index in [0.717, 1.165) is 38.0 Å². The average molecular weight is 336 g/mol. The van der Waals surface area contributed by atoms with Gasteiger partial charge in [0.2, 0.25) is 5.88 Å². The number of benzene rings is 1. The Kier molecular flexibility index (Phi) is 4.43. The molecule has 25 heavy (non-hydrogen) atoms. The number of nitrogens with zero attached hydrogens (tertiary/aromatic N) is 2. The summed E-state index contributed by atoms with van der Waals surface area (Å²) in [6.07, 6.45) is 10.0. The van der Waals surface area contributed by atoms with Crippen molar-refractivity contribution in [1.82, 2.24) is 9.88 Å². The van der Waals surface area contributed by atoms with Crippen molar-refractivity contribution in [2.75, 3.05) is 6.54 Å². The first-order chi connectivity index (χ1) is 12.3. The molecule has 1 aliphatic heterocycles. The van der Waals surface area contributed by atoms with Crippen LogP contribution in [0, 0.1) is 0 Å². The van der Waals surface area contributed by atoms with E-state index in [1.54, 1.807) is 12.3 Å². The first kappa shape index (κ1) is 16.1. The van der Waals surface area contributed by atoms with Gasteiger partial charge in [0, 0.05) is 24.3 Å². The molecule has 4 rings (SSSR count). The molecule has 1 aromatic carbocycles. The number of likely N-dealkylation sites (tertiary alicyclic amines) is 1. The highest BCUT2D eigenvalue weighted by Crippen LogP contribution is 2.42. The van der Waals surface area contributed by atoms with Crippen molar-refractivity contribution in [3.63, 3.8) is 0 Å². The quantitative estimate of drug-likeness (QED) is 0.807. The lowest BCUT2D eigenvalue weighted by Crippen LogP contribution is -2.48. The van der Waals surface area contributed by atoms with Gasteiger partial charge in [-0.2, -0.15) is 0 Å². The highest BCUT2D eigenvalue weighted by atomic mass is 16.5. The van der Waals surface area contributed by atoms with Crippen molar-refractivity contribution in [2.24, 2.45) is 0 Å². The Bertz CT molecular complexity index is 721. The van der Waals surface area contributed by atoms with Gasteiger partial charge in [0.05, 0.1) is 5.56 Å². The van der Waals surface area contributed by atoms with Crippen LogP contribution in [0.3, 0.4) is 0 Å². The summed E-state index contributed by atoms with van der Waals surface area (Å²) in [5.41, 5.74) is 0.765. The average Bonchev–Trinajstić information content (AvgIpc) is 3.06. The third kappa shape index (κ3) is 3.26. The van der Waals surface area contributed by atoms with Gasteiger partial charge in [-0.1, -0.05) is 37.5 Å². The lowest BCUT2D eigenvalue weighted by Gasteiger charge is -2.41. The highest BCUT2D eigenvalue weighted by Gasteiger charge is 2.44. The number of rotatable bonds is 3. The number of amides is 1. The van der Waals surface area contributed by atoms with E-state index in [2.05, 4.69) is 9.88 Å². The number of hydrogen-bond donors (Lipinski definition) is 0. The maximum atomic E-state index is 13.0. The Morgan fingerprint density at radius 2 is 1.72 bits per heavy atom. The second-order valence-corrected chi connectivity index (χ2v) is 7.15. The van der Waals surface area contributed by atoms with Crippen LogP contribution in [-0.4, -0.2) is 27.9 Å². The van der Waals surface area contributed by atoms with Gasteiger partial charge in [0.15, 0.2) is 0 Å². The number of ether oxygens (including phenoxy) is 1. The number of para-hydroxylation sites is 1. The van der Waals surface area contributed by atoms with Crippen LogP contribution in [0.4, 0.5) is 0 Å². The van der Waals surface area contributed by atoms with Crippen molar-refractivity contribution in [2.45, 2.75) is 50.5 Å². The molecule has 2 fully saturated rings. The van der Waals surface area contributed by atoms with Gasteiger partial charge in [-0.15, -0.1) is 0 Å². The van der Waals surface area contributed by atoms with E-state index in [1.807, 2.05) is 36.4 Å². The smallest absolute Gasteiger partial charge is 0.255 e. The van der Waals surface area contributed by atoms with Crippen LogP contribution in [0.25, 0.3) is 0 Å². The van der Waals surface area contributed by atoms with Crippen LogP contribution in [0.15, 0.2) is 48.7 Å². The topological polar surface area (TPSA) is 42.4 Å². The summed E-state index contributed by atoms with van der Waals surface area (Å²) >= 11 is 0. The molecule has 2 aromatic rings. The predicted octanol–water partition coefficient (Wildman–Crippen LogP) is 4.81. The molecule has 1 aromatic heterocycles. The molecule has 1 spiro atoms. The summed E-state index contributed by atoms with van der Waals surface area (Å²) in [6.45, 7) is 0.876. The number of carbonyl (C=O) groups excluding carboxylic acids is 1. The third-order valence-corrected chi connectivity index (χ3v) is 5.57. The standard InChI is InChI=1S/C21H24N2O2/c24-20(23-15-7-14-21(23)12-5-2-6-13-21)17-10-11-19(22-16-17)25-18-8-3-1-4-9-18/h1,3-4,8-11,16H,2,5-7,12-15H2. The van der Waals surface area contributed by atoms with Gasteiger partial charge in [-0.3, -0.25) is 4.79 Å². The summed E-state index contributed by atoms with van der Waals surface area (Å²) in [5.74, 6) is 1.38. The summed E-state index contributed by atoms with van der Waals surface area (Å²) < 4.78 is 5.71. The van der Waals surface area contributed by atoms with Crippen LogP contribution in [0.1, 0.15) is 55.3 Å². The minimum atomic E-state index is 0.106. The molecule has 4 heteroatoms. The molecule has 2 aliphatic rings. The van der Waals surface area contributed by atoms with E-state index in [9.17, 15) is 4.79 Å². The Hall–Kier alpha value is -2.36. The zero-order valence-electron chi connectivity index (χ0n) is 14.5. The summed E-state index contributed by atoms with van der Waals surface area (Å²) in [4.78, 5) is 19.5. The number of hydrogen-bond acceptors (Lipinski definition) is 3. The van der Waals surface area contributed by atoms with Crippen molar-refractivity contribution in [1.29, 1.82) is 0 Å². The minimum Gasteiger partial charge on any atom is -0.439 e. The molecule has 4 nitrogen and oxygen atoms in total. The largest absolute Gasteiger partial charge is 0.439 e. The molecule has 0 bridgehead atoms.